The topological polar surface area (TPSA) is 168 Å². The summed E-state index contributed by atoms with van der Waals surface area (Å²) in [4.78, 5) is 59.5. The van der Waals surface area contributed by atoms with Gasteiger partial charge in [0.2, 0.25) is 5.91 Å². The van der Waals surface area contributed by atoms with Crippen LogP contribution in [0.4, 0.5) is 4.79 Å². The number of nitrogens with one attached hydrogen (secondary N) is 2. The molecule has 0 unspecified atom stereocenters. The van der Waals surface area contributed by atoms with Gasteiger partial charge in [-0.3, -0.25) is 14.4 Å². The summed E-state index contributed by atoms with van der Waals surface area (Å²) in [6, 6.07) is 14.4. The molecule has 35 heavy (non-hydrogen) atoms. The first-order valence-electron chi connectivity index (χ1n) is 10.7. The fraction of sp³-hybridized carbons (Fsp3) is 0.292. The minimum Gasteiger partial charge on any atom is -0.481 e. The molecule has 0 fully saturated rings. The van der Waals surface area contributed by atoms with Crippen molar-refractivity contribution in [1.29, 1.82) is 0 Å². The van der Waals surface area contributed by atoms with Gasteiger partial charge in [-0.25, -0.2) is 9.59 Å². The molecule has 0 spiro atoms. The number of carboxylic acids is 2. The molecule has 2 aromatic rings. The number of esters is 1. The third-order valence-corrected chi connectivity index (χ3v) is 4.70. The van der Waals surface area contributed by atoms with Gasteiger partial charge in [-0.2, -0.15) is 0 Å². The maximum absolute atomic E-state index is 12.7. The third kappa shape index (κ3) is 10.4. The molecule has 0 aliphatic heterocycles. The first kappa shape index (κ1) is 26.8. The second-order valence-corrected chi connectivity index (χ2v) is 7.44. The van der Waals surface area contributed by atoms with Gasteiger partial charge in [0.05, 0.1) is 6.42 Å². The zero-order valence-corrected chi connectivity index (χ0v) is 18.7. The average molecular weight is 486 g/mol. The van der Waals surface area contributed by atoms with Gasteiger partial charge in [0.15, 0.2) is 0 Å². The molecular weight excluding hydrogens is 460 g/mol. The second kappa shape index (κ2) is 14.0. The van der Waals surface area contributed by atoms with Gasteiger partial charge in [-0.15, -0.1) is 0 Å². The van der Waals surface area contributed by atoms with E-state index in [1.165, 1.54) is 0 Å². The van der Waals surface area contributed by atoms with E-state index in [1.807, 2.05) is 0 Å². The lowest BCUT2D eigenvalue weighted by molar-refractivity contribution is -0.147. The van der Waals surface area contributed by atoms with Crippen molar-refractivity contribution in [3.63, 3.8) is 0 Å². The number of amides is 2. The van der Waals surface area contributed by atoms with Gasteiger partial charge >= 0.3 is 24.0 Å². The molecular formula is C24H26N2O9. The number of carbonyl (C=O) groups excluding carboxylic acids is 3. The summed E-state index contributed by atoms with van der Waals surface area (Å²) >= 11 is 0. The predicted molar refractivity (Wildman–Crippen MR) is 121 cm³/mol. The molecule has 0 aromatic heterocycles. The zero-order valence-electron chi connectivity index (χ0n) is 18.7. The fourth-order valence-electron chi connectivity index (χ4n) is 2.88. The summed E-state index contributed by atoms with van der Waals surface area (Å²) in [5, 5.41) is 22.5. The third-order valence-electron chi connectivity index (χ3n) is 4.70. The Morgan fingerprint density at radius 3 is 1.80 bits per heavy atom. The highest BCUT2D eigenvalue weighted by Gasteiger charge is 2.29. The number of hydrogen-bond acceptors (Lipinski definition) is 7. The summed E-state index contributed by atoms with van der Waals surface area (Å²) in [7, 11) is 0. The summed E-state index contributed by atoms with van der Waals surface area (Å²) in [5.74, 6) is -4.53. The first-order valence-corrected chi connectivity index (χ1v) is 10.7. The van der Waals surface area contributed by atoms with Crippen molar-refractivity contribution in [3.05, 3.63) is 71.8 Å². The highest BCUT2D eigenvalue weighted by molar-refractivity contribution is 5.92. The van der Waals surface area contributed by atoms with Gasteiger partial charge < -0.3 is 30.3 Å². The van der Waals surface area contributed by atoms with E-state index in [1.54, 1.807) is 60.7 Å². The van der Waals surface area contributed by atoms with E-state index >= 15 is 0 Å². The Balaban J connectivity index is 2.03. The predicted octanol–water partition coefficient (Wildman–Crippen LogP) is 1.85. The monoisotopic (exact) mass is 486 g/mol. The molecule has 0 aliphatic rings. The van der Waals surface area contributed by atoms with Crippen LogP contribution in [-0.2, 0) is 41.9 Å². The highest BCUT2D eigenvalue weighted by atomic mass is 16.5. The number of aliphatic carboxylic acids is 2. The van der Waals surface area contributed by atoms with E-state index in [0.717, 1.165) is 0 Å². The lowest BCUT2D eigenvalue weighted by Gasteiger charge is -2.20. The van der Waals surface area contributed by atoms with Crippen LogP contribution in [-0.4, -0.2) is 52.2 Å². The molecule has 11 heteroatoms. The molecule has 4 N–H and O–H groups in total. The molecule has 0 saturated heterocycles. The molecule has 11 nitrogen and oxygen atoms in total. The van der Waals surface area contributed by atoms with Gasteiger partial charge in [0, 0.05) is 6.42 Å². The Bertz CT molecular complexity index is 955. The van der Waals surface area contributed by atoms with E-state index in [2.05, 4.69) is 10.6 Å². The largest absolute Gasteiger partial charge is 0.481 e. The van der Waals surface area contributed by atoms with Crippen molar-refractivity contribution in [2.45, 2.75) is 44.6 Å². The Morgan fingerprint density at radius 2 is 1.29 bits per heavy atom. The minimum atomic E-state index is -1.54. The SMILES string of the molecule is O=C(O)CC[C@H](NC(=O)[C@H](CC(=O)OCc1ccccc1)NC(=O)OCc1ccccc1)C(=O)O. The number of alkyl carbamates (subject to hydrolysis) is 1. The summed E-state index contributed by atoms with van der Waals surface area (Å²) < 4.78 is 10.2. The second-order valence-electron chi connectivity index (χ2n) is 7.44. The van der Waals surface area contributed by atoms with Crippen molar-refractivity contribution in [2.75, 3.05) is 0 Å². The van der Waals surface area contributed by atoms with E-state index in [0.29, 0.717) is 11.1 Å². The van der Waals surface area contributed by atoms with Crippen LogP contribution in [0.3, 0.4) is 0 Å². The Morgan fingerprint density at radius 1 is 0.743 bits per heavy atom. The summed E-state index contributed by atoms with van der Waals surface area (Å²) in [6.07, 6.45) is -2.51. The van der Waals surface area contributed by atoms with Crippen LogP contribution in [0, 0.1) is 0 Å². The van der Waals surface area contributed by atoms with E-state index in [-0.39, 0.29) is 19.6 Å². The van der Waals surface area contributed by atoms with Crippen molar-refractivity contribution < 1.29 is 43.7 Å². The van der Waals surface area contributed by atoms with E-state index < -0.39 is 54.8 Å². The number of rotatable bonds is 13. The summed E-state index contributed by atoms with van der Waals surface area (Å²) in [6.45, 7) is -0.168. The molecule has 0 bridgehead atoms. The van der Waals surface area contributed by atoms with Crippen LogP contribution in [0.1, 0.15) is 30.4 Å². The molecule has 0 radical (unpaired) electrons. The smallest absolute Gasteiger partial charge is 0.408 e. The number of ether oxygens (including phenoxy) is 2. The number of carbonyl (C=O) groups is 5. The van der Waals surface area contributed by atoms with Crippen molar-refractivity contribution in [2.24, 2.45) is 0 Å². The van der Waals surface area contributed by atoms with Gasteiger partial charge in [0.25, 0.3) is 0 Å². The lowest BCUT2D eigenvalue weighted by Crippen LogP contribution is -2.52. The fourth-order valence-corrected chi connectivity index (χ4v) is 2.88. The Labute approximate surface area is 201 Å². The molecule has 0 saturated carbocycles. The maximum atomic E-state index is 12.7. The molecule has 0 aliphatic carbocycles. The van der Waals surface area contributed by atoms with Crippen molar-refractivity contribution in [3.8, 4) is 0 Å². The van der Waals surface area contributed by atoms with Crippen molar-refractivity contribution >= 4 is 29.9 Å². The van der Waals surface area contributed by atoms with Crippen LogP contribution in [0.5, 0.6) is 0 Å². The molecule has 186 valence electrons. The van der Waals surface area contributed by atoms with E-state index in [4.69, 9.17) is 14.6 Å². The Kier molecular flexibility index (Phi) is 10.7. The minimum absolute atomic E-state index is 0.0666. The van der Waals surface area contributed by atoms with Gasteiger partial charge in [0.1, 0.15) is 25.3 Å². The maximum Gasteiger partial charge on any atom is 0.408 e. The molecule has 2 aromatic carbocycles. The van der Waals surface area contributed by atoms with Crippen LogP contribution in [0.2, 0.25) is 0 Å². The van der Waals surface area contributed by atoms with Gasteiger partial charge in [-0.05, 0) is 17.5 Å². The standard InChI is InChI=1S/C24H26N2O9/c27-20(28)12-11-18(23(31)32)25-22(30)19(13-21(29)34-14-16-7-3-1-4-8-16)26-24(33)35-15-17-9-5-2-6-10-17/h1-10,18-19H,11-15H2,(H,25,30)(H,26,33)(H,27,28)(H,31,32)/t18-,19-/m0/s1. The van der Waals surface area contributed by atoms with Crippen LogP contribution in [0.15, 0.2) is 60.7 Å². The lowest BCUT2D eigenvalue weighted by atomic mass is 10.1. The molecule has 0 heterocycles. The first-order chi connectivity index (χ1) is 16.7. The normalized spacial score (nSPS) is 12.0. The van der Waals surface area contributed by atoms with Crippen LogP contribution >= 0.6 is 0 Å². The average Bonchev–Trinajstić information content (AvgIpc) is 2.84. The highest BCUT2D eigenvalue weighted by Crippen LogP contribution is 2.06. The van der Waals surface area contributed by atoms with Crippen molar-refractivity contribution in [1.82, 2.24) is 10.6 Å². The quantitative estimate of drug-likeness (QED) is 0.309. The van der Waals surface area contributed by atoms with Crippen LogP contribution < -0.4 is 10.6 Å². The van der Waals surface area contributed by atoms with Crippen LogP contribution in [0.25, 0.3) is 0 Å². The number of carboxylic acid groups (broad SMARTS) is 2. The molecule has 2 atom stereocenters. The number of hydrogen-bond donors (Lipinski definition) is 4. The van der Waals surface area contributed by atoms with Gasteiger partial charge in [-0.1, -0.05) is 60.7 Å². The zero-order chi connectivity index (χ0) is 25.6. The Hall–Kier alpha value is -4.41. The summed E-state index contributed by atoms with van der Waals surface area (Å²) in [5.41, 5.74) is 1.39. The number of benzene rings is 2. The molecule has 2 rings (SSSR count). The van der Waals surface area contributed by atoms with E-state index in [9.17, 15) is 29.1 Å². The molecule has 2 amide bonds.